The lowest BCUT2D eigenvalue weighted by Gasteiger charge is -2.24. The van der Waals surface area contributed by atoms with Crippen molar-refractivity contribution < 1.29 is 19.6 Å². The molecule has 1 aliphatic heterocycles. The molecule has 3 amide bonds. The van der Waals surface area contributed by atoms with Crippen LogP contribution in [0.25, 0.3) is 10.8 Å². The van der Waals surface area contributed by atoms with Gasteiger partial charge in [0.1, 0.15) is 6.42 Å². The summed E-state index contributed by atoms with van der Waals surface area (Å²) >= 11 is 0. The number of nitrogens with zero attached hydrogens (tertiary/aromatic N) is 2. The summed E-state index contributed by atoms with van der Waals surface area (Å²) < 4.78 is 0. The number of carbonyl (C=O) groups is 3. The van der Waals surface area contributed by atoms with Crippen LogP contribution in [0.2, 0.25) is 0 Å². The van der Waals surface area contributed by atoms with Crippen molar-refractivity contribution in [1.82, 2.24) is 5.32 Å². The van der Waals surface area contributed by atoms with E-state index in [1.807, 2.05) is 24.3 Å². The molecule has 3 aromatic carbocycles. The lowest BCUT2D eigenvalue weighted by atomic mass is 10.0. The van der Waals surface area contributed by atoms with Gasteiger partial charge in [-0.05, 0) is 35.2 Å². The molecule has 162 valence electrons. The molecule has 9 heteroatoms. The first-order chi connectivity index (χ1) is 15.4. The third-order valence-electron chi connectivity index (χ3n) is 5.18. The maximum absolute atomic E-state index is 13.0. The summed E-state index contributed by atoms with van der Waals surface area (Å²) in [5.41, 5.74) is 8.48. The molecule has 0 spiro atoms. The van der Waals surface area contributed by atoms with Crippen molar-refractivity contribution in [3.63, 3.8) is 0 Å². The van der Waals surface area contributed by atoms with Crippen LogP contribution in [0.15, 0.2) is 59.8 Å². The highest BCUT2D eigenvalue weighted by Crippen LogP contribution is 2.40. The van der Waals surface area contributed by atoms with E-state index in [-0.39, 0.29) is 18.2 Å². The first kappa shape index (κ1) is 20.9. The van der Waals surface area contributed by atoms with Gasteiger partial charge in [-0.1, -0.05) is 35.5 Å². The number of fused-ring (bicyclic) bond motifs is 3. The molecular weight excluding hydrogens is 410 g/mol. The lowest BCUT2D eigenvalue weighted by molar-refractivity contribution is -0.124. The summed E-state index contributed by atoms with van der Waals surface area (Å²) in [4.78, 5) is 38.3. The lowest BCUT2D eigenvalue weighted by Crippen LogP contribution is -2.26. The molecule has 3 aromatic rings. The Balaban J connectivity index is 1.89. The number of rotatable bonds is 4. The third-order valence-corrected chi connectivity index (χ3v) is 5.18. The van der Waals surface area contributed by atoms with E-state index in [2.05, 4.69) is 15.8 Å². The first-order valence-electron chi connectivity index (χ1n) is 9.88. The number of anilines is 3. The Labute approximate surface area is 183 Å². The van der Waals surface area contributed by atoms with Crippen LogP contribution in [0, 0.1) is 0 Å². The molecule has 5 N–H and O–H groups in total. The van der Waals surface area contributed by atoms with Crippen LogP contribution in [-0.2, 0) is 20.9 Å². The second-order valence-electron chi connectivity index (χ2n) is 7.41. The topological polar surface area (TPSA) is 137 Å². The minimum atomic E-state index is -0.425. The van der Waals surface area contributed by atoms with Gasteiger partial charge in [0, 0.05) is 30.1 Å². The van der Waals surface area contributed by atoms with Crippen LogP contribution in [-0.4, -0.2) is 28.8 Å². The summed E-state index contributed by atoms with van der Waals surface area (Å²) in [5.74, 6) is -1.07. The predicted molar refractivity (Wildman–Crippen MR) is 121 cm³/mol. The second-order valence-corrected chi connectivity index (χ2v) is 7.41. The molecule has 0 aliphatic carbocycles. The molecule has 9 nitrogen and oxygen atoms in total. The average Bonchev–Trinajstić information content (AvgIpc) is 2.91. The number of benzene rings is 3. The number of hydrogen-bond donors (Lipinski definition) is 4. The van der Waals surface area contributed by atoms with Gasteiger partial charge in [0.15, 0.2) is 5.84 Å². The number of amidine groups is 1. The van der Waals surface area contributed by atoms with Gasteiger partial charge in [0.25, 0.3) is 0 Å². The van der Waals surface area contributed by atoms with Crippen LogP contribution >= 0.6 is 0 Å². The number of oxime groups is 1. The van der Waals surface area contributed by atoms with E-state index >= 15 is 0 Å². The fraction of sp³-hybridized carbons (Fsp3) is 0.130. The molecule has 0 bridgehead atoms. The zero-order chi connectivity index (χ0) is 22.8. The smallest absolute Gasteiger partial charge is 0.241 e. The van der Waals surface area contributed by atoms with E-state index in [1.165, 1.54) is 11.8 Å². The number of carbonyl (C=O) groups excluding carboxylic acids is 3. The molecule has 0 fully saturated rings. The molecule has 1 heterocycles. The fourth-order valence-corrected chi connectivity index (χ4v) is 3.69. The third kappa shape index (κ3) is 3.95. The normalized spacial score (nSPS) is 14.0. The van der Waals surface area contributed by atoms with E-state index in [1.54, 1.807) is 30.3 Å². The first-order valence-corrected chi connectivity index (χ1v) is 9.88. The summed E-state index contributed by atoms with van der Waals surface area (Å²) in [6.07, 6.45) is -0.338. The van der Waals surface area contributed by atoms with Gasteiger partial charge in [0.2, 0.25) is 17.7 Å². The Morgan fingerprint density at radius 1 is 1.19 bits per heavy atom. The molecule has 0 saturated heterocycles. The Morgan fingerprint density at radius 2 is 1.97 bits per heavy atom. The maximum atomic E-state index is 13.0. The van der Waals surface area contributed by atoms with E-state index in [9.17, 15) is 14.4 Å². The van der Waals surface area contributed by atoms with Crippen LogP contribution < -0.4 is 21.3 Å². The minimum Gasteiger partial charge on any atom is -0.409 e. The summed E-state index contributed by atoms with van der Waals surface area (Å²) in [6.45, 7) is 1.78. The van der Waals surface area contributed by atoms with Crippen LogP contribution in [0.3, 0.4) is 0 Å². The van der Waals surface area contributed by atoms with Crippen molar-refractivity contribution in [2.24, 2.45) is 10.9 Å². The maximum Gasteiger partial charge on any atom is 0.241 e. The number of hydrogen-bond acceptors (Lipinski definition) is 5. The summed E-state index contributed by atoms with van der Waals surface area (Å²) in [5, 5.41) is 19.2. The highest BCUT2D eigenvalue weighted by Gasteiger charge is 2.29. The van der Waals surface area contributed by atoms with Gasteiger partial charge in [0.05, 0.1) is 11.4 Å². The van der Waals surface area contributed by atoms with Crippen LogP contribution in [0.4, 0.5) is 17.1 Å². The SMILES string of the molecule is CC(=O)NCc1ccc2ccc3c(c2c1)NC(=O)CC(=O)N3c1cccc(/C(N)=N/O)c1. The quantitative estimate of drug-likeness (QED) is 0.165. The van der Waals surface area contributed by atoms with Gasteiger partial charge in [-0.3, -0.25) is 19.3 Å². The van der Waals surface area contributed by atoms with E-state index in [4.69, 9.17) is 10.9 Å². The highest BCUT2D eigenvalue weighted by atomic mass is 16.4. The van der Waals surface area contributed by atoms with Crippen molar-refractivity contribution in [2.75, 3.05) is 10.2 Å². The van der Waals surface area contributed by atoms with E-state index in [0.717, 1.165) is 16.3 Å². The van der Waals surface area contributed by atoms with Crippen molar-refractivity contribution in [1.29, 1.82) is 0 Å². The van der Waals surface area contributed by atoms with Crippen molar-refractivity contribution in [3.05, 3.63) is 65.7 Å². The Bertz CT molecular complexity index is 1280. The van der Waals surface area contributed by atoms with Crippen LogP contribution in [0.5, 0.6) is 0 Å². The van der Waals surface area contributed by atoms with E-state index in [0.29, 0.717) is 29.2 Å². The summed E-state index contributed by atoms with van der Waals surface area (Å²) in [7, 11) is 0. The second kappa shape index (κ2) is 8.38. The highest BCUT2D eigenvalue weighted by molar-refractivity contribution is 6.21. The molecule has 32 heavy (non-hydrogen) atoms. The van der Waals surface area contributed by atoms with Crippen molar-refractivity contribution in [2.45, 2.75) is 19.9 Å². The number of nitrogens with one attached hydrogen (secondary N) is 2. The molecule has 0 radical (unpaired) electrons. The number of nitrogens with two attached hydrogens (primary N) is 1. The molecular formula is C23H21N5O4. The predicted octanol–water partition coefficient (Wildman–Crippen LogP) is 2.58. The molecule has 4 rings (SSSR count). The average molecular weight is 431 g/mol. The van der Waals surface area contributed by atoms with Gasteiger partial charge in [-0.2, -0.15) is 0 Å². The monoisotopic (exact) mass is 431 g/mol. The largest absolute Gasteiger partial charge is 0.409 e. The Kier molecular flexibility index (Phi) is 5.46. The van der Waals surface area contributed by atoms with Gasteiger partial charge in [-0.15, -0.1) is 0 Å². The standard InChI is InChI=1S/C23H21N5O4/c1-13(29)25-12-14-5-6-15-7-8-19-22(18(15)9-14)26-20(30)11-21(31)28(19)17-4-2-3-16(10-17)23(24)27-32/h2-10,32H,11-12H2,1H3,(H2,24,27)(H,25,29)(H,26,30). The molecule has 0 saturated carbocycles. The summed E-state index contributed by atoms with van der Waals surface area (Å²) in [6, 6.07) is 16.0. The van der Waals surface area contributed by atoms with Gasteiger partial charge in [-0.25, -0.2) is 0 Å². The zero-order valence-electron chi connectivity index (χ0n) is 17.3. The Morgan fingerprint density at radius 3 is 2.72 bits per heavy atom. The van der Waals surface area contributed by atoms with Gasteiger partial charge >= 0.3 is 0 Å². The molecule has 0 atom stereocenters. The molecule has 0 aromatic heterocycles. The van der Waals surface area contributed by atoms with Crippen molar-refractivity contribution in [3.8, 4) is 0 Å². The fourth-order valence-electron chi connectivity index (χ4n) is 3.69. The minimum absolute atomic E-state index is 0.0929. The number of amides is 3. The zero-order valence-corrected chi connectivity index (χ0v) is 17.3. The molecule has 1 aliphatic rings. The van der Waals surface area contributed by atoms with E-state index < -0.39 is 11.8 Å². The molecule has 0 unspecified atom stereocenters. The van der Waals surface area contributed by atoms with Crippen LogP contribution in [0.1, 0.15) is 24.5 Å². The van der Waals surface area contributed by atoms with Crippen molar-refractivity contribution >= 4 is 51.4 Å². The van der Waals surface area contributed by atoms with Gasteiger partial charge < -0.3 is 21.6 Å². The Hall–Kier alpha value is -4.40.